The van der Waals surface area contributed by atoms with Crippen molar-refractivity contribution in [2.24, 2.45) is 12.0 Å². The molecule has 0 amide bonds. The van der Waals surface area contributed by atoms with Gasteiger partial charge in [0.15, 0.2) is 11.8 Å². The Kier molecular flexibility index (Phi) is 6.16. The minimum Gasteiger partial charge on any atom is -0.494 e. The number of nitrogens with one attached hydrogen (secondary N) is 2. The molecule has 1 aromatic carbocycles. The van der Waals surface area contributed by atoms with E-state index in [2.05, 4.69) is 39.9 Å². The molecular weight excluding hydrogens is 344 g/mol. The summed E-state index contributed by atoms with van der Waals surface area (Å²) in [6.45, 7) is 8.55. The molecule has 1 aliphatic rings. The number of hydrogen-bond acceptors (Lipinski definition) is 5. The van der Waals surface area contributed by atoms with E-state index >= 15 is 0 Å². The van der Waals surface area contributed by atoms with Crippen molar-refractivity contribution in [1.82, 2.24) is 25.4 Å². The monoisotopic (exact) mass is 372 g/mol. The number of ether oxygens (including phenoxy) is 2. The highest BCUT2D eigenvalue weighted by Gasteiger charge is 2.21. The van der Waals surface area contributed by atoms with E-state index in [1.54, 1.807) is 6.33 Å². The van der Waals surface area contributed by atoms with Gasteiger partial charge in [-0.2, -0.15) is 0 Å². The van der Waals surface area contributed by atoms with Crippen molar-refractivity contribution in [2.45, 2.75) is 46.4 Å². The zero-order chi connectivity index (χ0) is 19.2. The lowest BCUT2D eigenvalue weighted by molar-refractivity contribution is 0.254. The number of fused-ring (bicyclic) bond motifs is 1. The van der Waals surface area contributed by atoms with E-state index in [-0.39, 0.29) is 6.10 Å². The minimum absolute atomic E-state index is 0.207. The predicted molar refractivity (Wildman–Crippen MR) is 104 cm³/mol. The van der Waals surface area contributed by atoms with Gasteiger partial charge in [-0.25, -0.2) is 4.99 Å². The molecule has 0 radical (unpaired) electrons. The van der Waals surface area contributed by atoms with Gasteiger partial charge in [-0.3, -0.25) is 0 Å². The van der Waals surface area contributed by atoms with Gasteiger partial charge >= 0.3 is 0 Å². The molecule has 0 saturated heterocycles. The second-order valence-electron chi connectivity index (χ2n) is 6.54. The maximum atomic E-state index is 5.89. The van der Waals surface area contributed by atoms with Crippen molar-refractivity contribution < 1.29 is 9.47 Å². The second kappa shape index (κ2) is 8.75. The Balaban J connectivity index is 1.74. The molecule has 0 spiro atoms. The van der Waals surface area contributed by atoms with E-state index in [9.17, 15) is 0 Å². The predicted octanol–water partition coefficient (Wildman–Crippen LogP) is 1.79. The van der Waals surface area contributed by atoms with Gasteiger partial charge in [0.05, 0.1) is 19.7 Å². The Morgan fingerprint density at radius 2 is 2.22 bits per heavy atom. The summed E-state index contributed by atoms with van der Waals surface area (Å²) in [7, 11) is 1.92. The van der Waals surface area contributed by atoms with Gasteiger partial charge in [-0.15, -0.1) is 10.2 Å². The van der Waals surface area contributed by atoms with E-state index in [4.69, 9.17) is 14.5 Å². The number of guanidine groups is 1. The SMILES string of the molecule is CCNC(=NCc1cc2c(cc1OCC)CC(C)O2)NCc1nncn1C. The van der Waals surface area contributed by atoms with E-state index < -0.39 is 0 Å². The Morgan fingerprint density at radius 1 is 1.37 bits per heavy atom. The first-order valence-corrected chi connectivity index (χ1v) is 9.41. The maximum absolute atomic E-state index is 5.89. The van der Waals surface area contributed by atoms with Crippen molar-refractivity contribution in [3.05, 3.63) is 35.4 Å². The number of rotatable bonds is 7. The smallest absolute Gasteiger partial charge is 0.191 e. The molecule has 0 aliphatic carbocycles. The van der Waals surface area contributed by atoms with Crippen LogP contribution in [0.3, 0.4) is 0 Å². The normalized spacial score (nSPS) is 16.0. The summed E-state index contributed by atoms with van der Waals surface area (Å²) in [6, 6.07) is 4.15. The zero-order valence-electron chi connectivity index (χ0n) is 16.5. The van der Waals surface area contributed by atoms with Crippen LogP contribution in [0.25, 0.3) is 0 Å². The van der Waals surface area contributed by atoms with Crippen molar-refractivity contribution >= 4 is 5.96 Å². The van der Waals surface area contributed by atoms with Crippen LogP contribution in [0.1, 0.15) is 37.7 Å². The molecule has 3 rings (SSSR count). The molecule has 2 aromatic rings. The average Bonchev–Trinajstić information content (AvgIpc) is 3.21. The molecule has 1 atom stereocenters. The number of hydrogen-bond donors (Lipinski definition) is 2. The Morgan fingerprint density at radius 3 is 2.93 bits per heavy atom. The van der Waals surface area contributed by atoms with Crippen molar-refractivity contribution in [2.75, 3.05) is 13.2 Å². The summed E-state index contributed by atoms with van der Waals surface area (Å²) in [4.78, 5) is 4.70. The van der Waals surface area contributed by atoms with E-state index in [1.807, 2.05) is 25.5 Å². The van der Waals surface area contributed by atoms with Gasteiger partial charge in [-0.1, -0.05) is 0 Å². The first-order chi connectivity index (χ1) is 13.1. The number of aryl methyl sites for hydroxylation is 1. The van der Waals surface area contributed by atoms with Crippen LogP contribution >= 0.6 is 0 Å². The highest BCUT2D eigenvalue weighted by molar-refractivity contribution is 5.79. The topological polar surface area (TPSA) is 85.6 Å². The summed E-state index contributed by atoms with van der Waals surface area (Å²) < 4.78 is 13.6. The standard InChI is InChI=1S/C19H28N6O2/c1-5-20-19(22-11-18-24-23-12-25(18)4)21-10-15-9-17-14(7-13(3)27-17)8-16(15)26-6-2/h8-9,12-13H,5-7,10-11H2,1-4H3,(H2,20,21,22). The molecule has 1 aromatic heterocycles. The number of nitrogens with zero attached hydrogens (tertiary/aromatic N) is 4. The van der Waals surface area contributed by atoms with E-state index in [1.165, 1.54) is 5.56 Å². The van der Waals surface area contributed by atoms with Crippen LogP contribution in [0.15, 0.2) is 23.5 Å². The largest absolute Gasteiger partial charge is 0.494 e. The van der Waals surface area contributed by atoms with Gasteiger partial charge in [0.25, 0.3) is 0 Å². The number of benzene rings is 1. The Labute approximate surface area is 160 Å². The lowest BCUT2D eigenvalue weighted by Gasteiger charge is -2.13. The second-order valence-corrected chi connectivity index (χ2v) is 6.54. The fraction of sp³-hybridized carbons (Fsp3) is 0.526. The van der Waals surface area contributed by atoms with Crippen LogP contribution in [0.5, 0.6) is 11.5 Å². The van der Waals surface area contributed by atoms with Crippen LogP contribution in [-0.2, 0) is 26.6 Å². The average molecular weight is 372 g/mol. The molecule has 0 fully saturated rings. The highest BCUT2D eigenvalue weighted by Crippen LogP contribution is 2.35. The molecule has 146 valence electrons. The summed E-state index contributed by atoms with van der Waals surface area (Å²) in [5.74, 6) is 3.38. The molecular formula is C19H28N6O2. The molecule has 2 heterocycles. The number of aromatic nitrogens is 3. The summed E-state index contributed by atoms with van der Waals surface area (Å²) in [5, 5.41) is 14.5. The van der Waals surface area contributed by atoms with E-state index in [0.717, 1.165) is 41.8 Å². The molecule has 1 unspecified atom stereocenters. The maximum Gasteiger partial charge on any atom is 0.191 e. The highest BCUT2D eigenvalue weighted by atomic mass is 16.5. The van der Waals surface area contributed by atoms with Gasteiger partial charge in [0, 0.05) is 31.1 Å². The Bertz CT molecular complexity index is 801. The first-order valence-electron chi connectivity index (χ1n) is 9.41. The Hall–Kier alpha value is -2.77. The summed E-state index contributed by atoms with van der Waals surface area (Å²) in [5.41, 5.74) is 2.21. The van der Waals surface area contributed by atoms with Crippen LogP contribution < -0.4 is 20.1 Å². The quantitative estimate of drug-likeness (QED) is 0.569. The van der Waals surface area contributed by atoms with E-state index in [0.29, 0.717) is 19.7 Å². The number of aliphatic imine (C=N–C) groups is 1. The van der Waals surface area contributed by atoms with Gasteiger partial charge in [0.2, 0.25) is 0 Å². The molecule has 1 aliphatic heterocycles. The third kappa shape index (κ3) is 4.69. The molecule has 0 saturated carbocycles. The molecule has 8 nitrogen and oxygen atoms in total. The molecule has 0 bridgehead atoms. The van der Waals surface area contributed by atoms with Crippen LogP contribution in [0.4, 0.5) is 0 Å². The molecule has 8 heteroatoms. The zero-order valence-corrected chi connectivity index (χ0v) is 16.5. The van der Waals surface area contributed by atoms with Gasteiger partial charge < -0.3 is 24.7 Å². The van der Waals surface area contributed by atoms with Crippen molar-refractivity contribution in [3.63, 3.8) is 0 Å². The van der Waals surface area contributed by atoms with Gasteiger partial charge in [0.1, 0.15) is 23.9 Å². The minimum atomic E-state index is 0.207. The third-order valence-electron chi connectivity index (χ3n) is 4.35. The van der Waals surface area contributed by atoms with Crippen molar-refractivity contribution in [3.8, 4) is 11.5 Å². The van der Waals surface area contributed by atoms with Gasteiger partial charge in [-0.05, 0) is 32.9 Å². The van der Waals surface area contributed by atoms with Crippen molar-refractivity contribution in [1.29, 1.82) is 0 Å². The summed E-state index contributed by atoms with van der Waals surface area (Å²) >= 11 is 0. The third-order valence-corrected chi connectivity index (χ3v) is 4.35. The first kappa shape index (κ1) is 19.0. The lowest BCUT2D eigenvalue weighted by atomic mass is 10.1. The fourth-order valence-electron chi connectivity index (χ4n) is 3.03. The van der Waals surface area contributed by atoms with Crippen LogP contribution in [0.2, 0.25) is 0 Å². The molecule has 2 N–H and O–H groups in total. The van der Waals surface area contributed by atoms with Crippen LogP contribution in [0, 0.1) is 0 Å². The lowest BCUT2D eigenvalue weighted by Crippen LogP contribution is -2.37. The fourth-order valence-corrected chi connectivity index (χ4v) is 3.03. The summed E-state index contributed by atoms with van der Waals surface area (Å²) in [6.07, 6.45) is 2.81. The van der Waals surface area contributed by atoms with Crippen LogP contribution in [-0.4, -0.2) is 40.0 Å². The molecule has 27 heavy (non-hydrogen) atoms.